The molecule has 0 amide bonds. The highest BCUT2D eigenvalue weighted by Gasteiger charge is 2.28. The topological polar surface area (TPSA) is 44.5 Å². The number of nitrogens with two attached hydrogens (primary N) is 1. The molecule has 0 bridgehead atoms. The Kier molecular flexibility index (Phi) is 3.52. The number of hydrogen-bond acceptors (Lipinski definition) is 4. The van der Waals surface area contributed by atoms with Gasteiger partial charge in [0.25, 0.3) is 0 Å². The zero-order valence-corrected chi connectivity index (χ0v) is 12.8. The molecule has 5 heteroatoms. The Labute approximate surface area is 124 Å². The average Bonchev–Trinajstić information content (AvgIpc) is 2.85. The van der Waals surface area contributed by atoms with Gasteiger partial charge in [-0.3, -0.25) is 0 Å². The van der Waals surface area contributed by atoms with E-state index in [-0.39, 0.29) is 12.1 Å². The molecule has 0 radical (unpaired) electrons. The zero-order chi connectivity index (χ0) is 13.4. The normalized spacial score (nSPS) is 21.6. The molecular formula is C14H14BrNO2S. The molecule has 100 valence electrons. The smallest absolute Gasteiger partial charge is 0.135 e. The standard InChI is InChI=1S/C14H14BrNO2S/c1-17-8-2-3-11-9(6-8)10(16)7-12(18-11)13-4-5-14(15)19-13/h2-6,10,12H,7,16H2,1H3/t10-,12?/m0/s1. The number of benzene rings is 1. The number of thiophene rings is 1. The van der Waals surface area contributed by atoms with Gasteiger partial charge in [-0.25, -0.2) is 0 Å². The number of hydrogen-bond donors (Lipinski definition) is 1. The molecule has 1 aliphatic heterocycles. The van der Waals surface area contributed by atoms with Crippen molar-refractivity contribution in [1.82, 2.24) is 0 Å². The Bertz CT molecular complexity index is 599. The van der Waals surface area contributed by atoms with Gasteiger partial charge in [0, 0.05) is 22.9 Å². The van der Waals surface area contributed by atoms with Crippen LogP contribution in [-0.4, -0.2) is 7.11 Å². The first kappa shape index (κ1) is 13.0. The molecule has 2 heterocycles. The van der Waals surface area contributed by atoms with Crippen molar-refractivity contribution < 1.29 is 9.47 Å². The fourth-order valence-corrected chi connectivity index (χ4v) is 3.75. The Morgan fingerprint density at radius 1 is 1.37 bits per heavy atom. The molecule has 3 rings (SSSR count). The van der Waals surface area contributed by atoms with Crippen molar-refractivity contribution in [2.24, 2.45) is 5.73 Å². The van der Waals surface area contributed by atoms with Crippen molar-refractivity contribution in [2.75, 3.05) is 7.11 Å². The van der Waals surface area contributed by atoms with E-state index >= 15 is 0 Å². The quantitative estimate of drug-likeness (QED) is 0.897. The fourth-order valence-electron chi connectivity index (χ4n) is 2.29. The molecule has 3 nitrogen and oxygen atoms in total. The van der Waals surface area contributed by atoms with Crippen LogP contribution in [0.1, 0.15) is 29.0 Å². The van der Waals surface area contributed by atoms with Gasteiger partial charge in [0.2, 0.25) is 0 Å². The minimum Gasteiger partial charge on any atom is -0.497 e. The van der Waals surface area contributed by atoms with E-state index in [0.717, 1.165) is 27.3 Å². The van der Waals surface area contributed by atoms with Gasteiger partial charge in [0.1, 0.15) is 17.6 Å². The van der Waals surface area contributed by atoms with Crippen molar-refractivity contribution >= 4 is 27.3 Å². The summed E-state index contributed by atoms with van der Waals surface area (Å²) in [6, 6.07) is 9.89. The first-order chi connectivity index (χ1) is 9.17. The Balaban J connectivity index is 1.92. The summed E-state index contributed by atoms with van der Waals surface area (Å²) in [5, 5.41) is 0. The number of rotatable bonds is 2. The summed E-state index contributed by atoms with van der Waals surface area (Å²) in [5.74, 6) is 1.67. The van der Waals surface area contributed by atoms with Crippen LogP contribution >= 0.6 is 27.3 Å². The number of ether oxygens (including phenoxy) is 2. The summed E-state index contributed by atoms with van der Waals surface area (Å²) in [4.78, 5) is 1.20. The summed E-state index contributed by atoms with van der Waals surface area (Å²) in [6.45, 7) is 0. The highest BCUT2D eigenvalue weighted by atomic mass is 79.9. The van der Waals surface area contributed by atoms with Gasteiger partial charge < -0.3 is 15.2 Å². The van der Waals surface area contributed by atoms with E-state index in [9.17, 15) is 0 Å². The van der Waals surface area contributed by atoms with Crippen LogP contribution in [0.3, 0.4) is 0 Å². The van der Waals surface area contributed by atoms with E-state index in [1.807, 2.05) is 24.3 Å². The molecule has 0 saturated heterocycles. The molecule has 0 saturated carbocycles. The van der Waals surface area contributed by atoms with Crippen LogP contribution in [-0.2, 0) is 0 Å². The molecule has 2 N–H and O–H groups in total. The van der Waals surface area contributed by atoms with Crippen LogP contribution in [0.25, 0.3) is 0 Å². The molecule has 0 spiro atoms. The number of halogens is 1. The Morgan fingerprint density at radius 2 is 2.21 bits per heavy atom. The highest BCUT2D eigenvalue weighted by Crippen LogP contribution is 2.43. The monoisotopic (exact) mass is 339 g/mol. The third-order valence-corrected chi connectivity index (χ3v) is 4.98. The second kappa shape index (κ2) is 5.15. The van der Waals surface area contributed by atoms with Crippen LogP contribution in [0.5, 0.6) is 11.5 Å². The maximum absolute atomic E-state index is 6.26. The van der Waals surface area contributed by atoms with Gasteiger partial charge in [-0.05, 0) is 46.3 Å². The fraction of sp³-hybridized carbons (Fsp3) is 0.286. The Morgan fingerprint density at radius 3 is 2.89 bits per heavy atom. The zero-order valence-electron chi connectivity index (χ0n) is 10.4. The van der Waals surface area contributed by atoms with E-state index in [2.05, 4.69) is 22.0 Å². The van der Waals surface area contributed by atoms with Crippen molar-refractivity contribution in [3.8, 4) is 11.5 Å². The summed E-state index contributed by atoms with van der Waals surface area (Å²) in [6.07, 6.45) is 0.819. The van der Waals surface area contributed by atoms with Crippen LogP contribution in [0, 0.1) is 0 Å². The molecule has 1 aromatic heterocycles. The number of methoxy groups -OCH3 is 1. The largest absolute Gasteiger partial charge is 0.497 e. The minimum absolute atomic E-state index is 0.0234. The van der Waals surface area contributed by atoms with Gasteiger partial charge >= 0.3 is 0 Å². The third kappa shape index (κ3) is 2.50. The number of fused-ring (bicyclic) bond motifs is 1. The van der Waals surface area contributed by atoms with E-state index < -0.39 is 0 Å². The van der Waals surface area contributed by atoms with Crippen LogP contribution < -0.4 is 15.2 Å². The summed E-state index contributed by atoms with van der Waals surface area (Å²) >= 11 is 5.17. The van der Waals surface area contributed by atoms with Gasteiger partial charge in [-0.15, -0.1) is 11.3 Å². The second-order valence-corrected chi connectivity index (χ2v) is 6.99. The SMILES string of the molecule is COc1ccc2c(c1)[C@@H](N)CC(c1ccc(Br)s1)O2. The molecule has 0 aliphatic carbocycles. The highest BCUT2D eigenvalue weighted by molar-refractivity contribution is 9.11. The average molecular weight is 340 g/mol. The molecule has 2 aromatic rings. The predicted molar refractivity (Wildman–Crippen MR) is 79.9 cm³/mol. The van der Waals surface area contributed by atoms with Crippen molar-refractivity contribution in [3.63, 3.8) is 0 Å². The van der Waals surface area contributed by atoms with Crippen molar-refractivity contribution in [2.45, 2.75) is 18.6 Å². The predicted octanol–water partition coefficient (Wildman–Crippen LogP) is 4.04. The van der Waals surface area contributed by atoms with E-state index in [1.165, 1.54) is 4.88 Å². The molecule has 19 heavy (non-hydrogen) atoms. The van der Waals surface area contributed by atoms with Gasteiger partial charge in [0.05, 0.1) is 10.9 Å². The lowest BCUT2D eigenvalue weighted by atomic mass is 9.96. The van der Waals surface area contributed by atoms with Crippen LogP contribution in [0.15, 0.2) is 34.1 Å². The summed E-state index contributed by atoms with van der Waals surface area (Å²) in [7, 11) is 1.66. The lowest BCUT2D eigenvalue weighted by Crippen LogP contribution is -2.23. The summed E-state index contributed by atoms with van der Waals surface area (Å²) in [5.41, 5.74) is 7.28. The Hall–Kier alpha value is -1.04. The molecular weight excluding hydrogens is 326 g/mol. The van der Waals surface area contributed by atoms with E-state index in [4.69, 9.17) is 15.2 Å². The first-order valence-corrected chi connectivity index (χ1v) is 7.63. The minimum atomic E-state index is -0.0234. The maximum Gasteiger partial charge on any atom is 0.135 e. The van der Waals surface area contributed by atoms with Crippen molar-refractivity contribution in [1.29, 1.82) is 0 Å². The van der Waals surface area contributed by atoms with Crippen LogP contribution in [0.2, 0.25) is 0 Å². The van der Waals surface area contributed by atoms with Gasteiger partial charge in [-0.2, -0.15) is 0 Å². The lowest BCUT2D eigenvalue weighted by molar-refractivity contribution is 0.164. The summed E-state index contributed by atoms with van der Waals surface area (Å²) < 4.78 is 12.4. The van der Waals surface area contributed by atoms with Gasteiger partial charge in [0.15, 0.2) is 0 Å². The van der Waals surface area contributed by atoms with E-state index in [0.29, 0.717) is 0 Å². The maximum atomic E-state index is 6.26. The van der Waals surface area contributed by atoms with E-state index in [1.54, 1.807) is 18.4 Å². The van der Waals surface area contributed by atoms with Crippen molar-refractivity contribution in [3.05, 3.63) is 44.6 Å². The molecule has 1 aliphatic rings. The van der Waals surface area contributed by atoms with Gasteiger partial charge in [-0.1, -0.05) is 0 Å². The third-order valence-electron chi connectivity index (χ3n) is 3.26. The molecule has 1 unspecified atom stereocenters. The lowest BCUT2D eigenvalue weighted by Gasteiger charge is -2.30. The molecule has 2 atom stereocenters. The molecule has 1 aromatic carbocycles. The second-order valence-electron chi connectivity index (χ2n) is 4.49. The first-order valence-electron chi connectivity index (χ1n) is 6.03. The van der Waals surface area contributed by atoms with Crippen LogP contribution in [0.4, 0.5) is 0 Å². The molecule has 0 fully saturated rings.